The molecular formula is C74H58BBr10Cl3N9O16. The van der Waals surface area contributed by atoms with Gasteiger partial charge in [0.2, 0.25) is 17.5 Å². The van der Waals surface area contributed by atoms with Crippen LogP contribution in [0.3, 0.4) is 0 Å². The van der Waals surface area contributed by atoms with Crippen molar-refractivity contribution in [1.82, 2.24) is 30.4 Å². The van der Waals surface area contributed by atoms with Crippen molar-refractivity contribution in [1.29, 1.82) is 5.26 Å². The Labute approximate surface area is 747 Å². The Morgan fingerprint density at radius 1 is 0.522 bits per heavy atom. The van der Waals surface area contributed by atoms with E-state index in [1.807, 2.05) is 54.6 Å². The van der Waals surface area contributed by atoms with Crippen LogP contribution < -0.4 is 19.9 Å². The number of aromatic hydroxyl groups is 4. The fourth-order valence-corrected chi connectivity index (χ4v) is 15.3. The summed E-state index contributed by atoms with van der Waals surface area (Å²) in [5, 5.41) is 82.3. The van der Waals surface area contributed by atoms with Gasteiger partial charge in [0.15, 0.2) is 11.4 Å². The number of hydrogen-bond acceptors (Lipinski definition) is 24. The molecule has 0 bridgehead atoms. The lowest BCUT2D eigenvalue weighted by Gasteiger charge is -2.25. The van der Waals surface area contributed by atoms with Crippen LogP contribution in [-0.2, 0) is 27.6 Å². The van der Waals surface area contributed by atoms with Crippen molar-refractivity contribution in [2.75, 3.05) is 27.4 Å². The number of amidine groups is 1. The predicted octanol–water partition coefficient (Wildman–Crippen LogP) is 22.2. The third kappa shape index (κ3) is 26.7. The number of oxime groups is 1. The van der Waals surface area contributed by atoms with Crippen LogP contribution in [0.5, 0.6) is 40.2 Å². The molecule has 113 heavy (non-hydrogen) atoms. The summed E-state index contributed by atoms with van der Waals surface area (Å²) in [5.41, 5.74) is 9.56. The van der Waals surface area contributed by atoms with Crippen LogP contribution in [0.1, 0.15) is 81.9 Å². The Morgan fingerprint density at radius 2 is 0.858 bits per heavy atom. The topological polar surface area (TPSA) is 381 Å². The van der Waals surface area contributed by atoms with Crippen LogP contribution in [0.15, 0.2) is 221 Å². The molecule has 0 aliphatic heterocycles. The molecule has 39 heteroatoms. The second-order valence-corrected chi connectivity index (χ2v) is 31.3. The molecule has 0 amide bonds. The van der Waals surface area contributed by atoms with E-state index in [9.17, 15) is 35.1 Å². The maximum Gasteiger partial charge on any atom is 0.397 e. The Bertz CT molecular complexity index is 5100. The molecule has 0 saturated carbocycles. The van der Waals surface area contributed by atoms with Gasteiger partial charge in [0, 0.05) is 46.6 Å². The third-order valence-electron chi connectivity index (χ3n) is 14.2. The molecule has 12 aromatic rings. The van der Waals surface area contributed by atoms with Gasteiger partial charge in [0.05, 0.1) is 83.8 Å². The van der Waals surface area contributed by atoms with E-state index in [0.29, 0.717) is 112 Å². The number of alkyl halides is 1. The Balaban J connectivity index is 0.000000253. The summed E-state index contributed by atoms with van der Waals surface area (Å²) in [4.78, 5) is 35.5. The number of ether oxygens (including phenoxy) is 5. The molecule has 0 unspecified atom stereocenters. The molecule has 0 aliphatic rings. The molecule has 3 aromatic heterocycles. The number of carbonyl (C=O) groups is 2. The quantitative estimate of drug-likeness (QED) is 0.00846. The Hall–Kier alpha value is -7.61. The molecule has 0 aliphatic carbocycles. The smallest absolute Gasteiger partial charge is 0.397 e. The molecule has 0 atom stereocenters. The van der Waals surface area contributed by atoms with E-state index in [-0.39, 0.29) is 93.0 Å². The summed E-state index contributed by atoms with van der Waals surface area (Å²) in [6.07, 6.45) is 0. The van der Waals surface area contributed by atoms with E-state index in [1.165, 1.54) is 0 Å². The average molecular weight is 2250 g/mol. The Kier molecular flexibility index (Phi) is 39.3. The van der Waals surface area contributed by atoms with Crippen LogP contribution in [-0.4, -0.2) is 115 Å². The first-order valence-electron chi connectivity index (χ1n) is 31.1. The summed E-state index contributed by atoms with van der Waals surface area (Å²) in [7, 11) is 3.27. The van der Waals surface area contributed by atoms with Gasteiger partial charge in [-0.1, -0.05) is 99.8 Å². The minimum absolute atomic E-state index is 0. The van der Waals surface area contributed by atoms with Crippen molar-refractivity contribution in [3.63, 3.8) is 0 Å². The number of phenols is 4. The fraction of sp³-hybridized carbons (Fsp3) is 0.135. The van der Waals surface area contributed by atoms with Crippen molar-refractivity contribution in [2.45, 2.75) is 39.4 Å². The number of hydrogen-bond donors (Lipinski definition) is 7. The maximum atomic E-state index is 11.8. The highest BCUT2D eigenvalue weighted by molar-refractivity contribution is 9.12. The molecule has 0 fully saturated rings. The zero-order chi connectivity index (χ0) is 81.4. The lowest BCUT2D eigenvalue weighted by molar-refractivity contribution is 0.0462. The van der Waals surface area contributed by atoms with Gasteiger partial charge >= 0.3 is 23.7 Å². The highest BCUT2D eigenvalue weighted by Gasteiger charge is 2.40. The van der Waals surface area contributed by atoms with Crippen molar-refractivity contribution in [3.05, 3.63) is 264 Å². The molecule has 0 spiro atoms. The van der Waals surface area contributed by atoms with Crippen molar-refractivity contribution in [2.24, 2.45) is 10.9 Å². The SMILES string of the molecule is C.CCOC(=O)c1nc(-c2cc(Br)c(O)c(Br)c2)no1.CCOC(=O)c1nc(-c2cc(Br)c(OCc3ccc(OC)cc3)c(Br)c2)no1.COc1ccc(CCl)cc1.N#Cc1cc(Br)c(O)c(Br)c1.N/C(=N\O)c1cc(Br)c(O)c(Br)c1.Oc1c(Br)cc(-c2noc(C(O)(c3ccc(Cl)cc3)c3ccc(Cl)cc3)n2)cc1Br.[B]. The van der Waals surface area contributed by atoms with Crippen molar-refractivity contribution >= 4 is 220 Å². The minimum atomic E-state index is -1.73. The number of aliphatic hydroxyl groups is 1. The molecule has 8 N–H and O–H groups in total. The first-order chi connectivity index (χ1) is 52.9. The molecular weight excluding hydrogens is 2190 g/mol. The third-order valence-corrected chi connectivity index (χ3v) is 21.1. The second kappa shape index (κ2) is 46.2. The highest BCUT2D eigenvalue weighted by Crippen LogP contribution is 2.43. The minimum Gasteiger partial charge on any atom is -0.506 e. The number of nitrogens with two attached hydrogens (primary N) is 1. The number of aromatic nitrogens is 6. The summed E-state index contributed by atoms with van der Waals surface area (Å²) in [6.45, 7) is 4.23. The van der Waals surface area contributed by atoms with E-state index in [0.717, 1.165) is 22.6 Å². The molecule has 12 rings (SSSR count). The monoisotopic (exact) mass is 2230 g/mol. The maximum absolute atomic E-state index is 11.8. The van der Waals surface area contributed by atoms with E-state index < -0.39 is 17.5 Å². The van der Waals surface area contributed by atoms with Gasteiger partial charge in [-0.05, 0) is 305 Å². The molecule has 0 saturated heterocycles. The number of esters is 2. The zero-order valence-electron chi connectivity index (χ0n) is 57.8. The fourth-order valence-electron chi connectivity index (χ4n) is 8.73. The molecule has 25 nitrogen and oxygen atoms in total. The summed E-state index contributed by atoms with van der Waals surface area (Å²) in [6, 6.07) is 47.0. The van der Waals surface area contributed by atoms with E-state index in [1.54, 1.807) is 137 Å². The first kappa shape index (κ1) is 96.0. The number of phenolic OH excluding ortho intramolecular Hbond substituents is 4. The van der Waals surface area contributed by atoms with Gasteiger partial charge in [-0.15, -0.1) is 11.6 Å². The van der Waals surface area contributed by atoms with Gasteiger partial charge < -0.3 is 73.7 Å². The lowest BCUT2D eigenvalue weighted by Crippen LogP contribution is -2.29. The molecule has 3 heterocycles. The second-order valence-electron chi connectivity index (χ2n) is 21.6. The first-order valence-corrected chi connectivity index (χ1v) is 40.3. The number of carbonyl (C=O) groups excluding carboxylic acids is 2. The molecule has 589 valence electrons. The number of benzene rings is 9. The number of nitrogens with zero attached hydrogens (tertiary/aromatic N) is 8. The molecule has 3 radical (unpaired) electrons. The molecule has 9 aromatic carbocycles. The van der Waals surface area contributed by atoms with Gasteiger partial charge in [0.1, 0.15) is 46.9 Å². The normalized spacial score (nSPS) is 10.5. The number of methoxy groups -OCH3 is 2. The highest BCUT2D eigenvalue weighted by atomic mass is 79.9. The summed E-state index contributed by atoms with van der Waals surface area (Å²) in [5.74, 6) is 2.15. The largest absolute Gasteiger partial charge is 0.506 e. The van der Waals surface area contributed by atoms with Crippen molar-refractivity contribution in [3.8, 4) is 80.5 Å². The van der Waals surface area contributed by atoms with Crippen LogP contribution in [0.4, 0.5) is 0 Å². The van der Waals surface area contributed by atoms with Gasteiger partial charge in [0.25, 0.3) is 5.89 Å². The summed E-state index contributed by atoms with van der Waals surface area (Å²) < 4.78 is 46.2. The average Bonchev–Trinajstić information content (AvgIpc) is 1.65. The van der Waals surface area contributed by atoms with Gasteiger partial charge in [-0.25, -0.2) is 9.59 Å². The predicted molar refractivity (Wildman–Crippen MR) is 462 cm³/mol. The van der Waals surface area contributed by atoms with E-state index in [4.69, 9.17) is 88.3 Å². The zero-order valence-corrected chi connectivity index (χ0v) is 75.9. The van der Waals surface area contributed by atoms with E-state index in [2.05, 4.69) is 195 Å². The number of halogens is 13. The standard InChI is InChI=1S/C21H12Br2Cl2N2O3.C19H16Br2N2O5.C11H8Br2N2O4.C8H9ClO.C7H6Br2N2O2.C7H3Br2NO.CH4.B/c22-16-9-11(10-17(23)18(16)28)19-26-20(30-27-19)21(29,12-1-5-14(24)6-2-12)13-3-7-15(25)8-4-13;1-3-26-19(24)18-22-17(23-28-18)12-8-14(20)16(15(21)9-12)27-10-11-4-6-13(25-2)7-5-11;1-2-18-11(17)10-14-9(15-19-10)5-3-6(12)8(16)7(13)4-5;1-10-8-4-2-7(6-9)3-5-8;8-4-1-3(7(10)11-13)2-5(9)6(4)12;8-5-1-4(3-10)2-6(9)7(5)11;;/h1-10,28-29H;4-9H,3,10H2,1-2H3;3-4,16H,2H2,1H3;2-5H,6H2,1H3;1-2,12-13H,(H2,10,11);1-2,11H;1H4;. The lowest BCUT2D eigenvalue weighted by atomic mass is 9.86. The summed E-state index contributed by atoms with van der Waals surface area (Å²) >= 11 is 50.0. The van der Waals surface area contributed by atoms with Crippen LogP contribution in [0, 0.1) is 11.3 Å². The Morgan fingerprint density at radius 3 is 1.20 bits per heavy atom. The van der Waals surface area contributed by atoms with Crippen molar-refractivity contribution < 1.29 is 77.6 Å². The van der Waals surface area contributed by atoms with Crippen LogP contribution in [0.2, 0.25) is 10.0 Å². The number of rotatable bonds is 17. The number of nitriles is 1. The van der Waals surface area contributed by atoms with Gasteiger partial charge in [-0.2, -0.15) is 20.2 Å². The van der Waals surface area contributed by atoms with Crippen LogP contribution in [0.25, 0.3) is 34.2 Å². The van der Waals surface area contributed by atoms with E-state index >= 15 is 0 Å². The van der Waals surface area contributed by atoms with Gasteiger partial charge in [-0.3, -0.25) is 0 Å². The van der Waals surface area contributed by atoms with Crippen LogP contribution >= 0.6 is 194 Å².